The molecule has 4 rings (SSSR count). The normalized spacial score (nSPS) is 14.4. The molecule has 3 heterocycles. The highest BCUT2D eigenvalue weighted by molar-refractivity contribution is 7.17. The standard InChI is InChI=1S/C21H23N3O3S/c1-3-27-21(25)15-14-22-16-8-13-28-20(16)19(15)24-11-9-23(10-12-24)17-6-4-5-7-18(17)26-2/h4-8,13-14H,3,9-12H2,1-2H3. The molecule has 6 nitrogen and oxygen atoms in total. The molecule has 1 aromatic carbocycles. The van der Waals surface area contributed by atoms with Crippen LogP contribution < -0.4 is 14.5 Å². The molecule has 0 N–H and O–H groups in total. The molecule has 0 spiro atoms. The number of thiophene rings is 1. The molecule has 0 aliphatic carbocycles. The minimum atomic E-state index is -0.313. The summed E-state index contributed by atoms with van der Waals surface area (Å²) in [6, 6.07) is 10.1. The van der Waals surface area contributed by atoms with Gasteiger partial charge in [0.25, 0.3) is 0 Å². The van der Waals surface area contributed by atoms with Crippen molar-refractivity contribution in [3.63, 3.8) is 0 Å². The number of esters is 1. The molecule has 0 unspecified atom stereocenters. The fourth-order valence-electron chi connectivity index (χ4n) is 3.63. The van der Waals surface area contributed by atoms with E-state index in [1.54, 1.807) is 24.6 Å². The number of ether oxygens (including phenoxy) is 2. The Kier molecular flexibility index (Phi) is 5.34. The second kappa shape index (κ2) is 8.06. The number of hydrogen-bond acceptors (Lipinski definition) is 7. The summed E-state index contributed by atoms with van der Waals surface area (Å²) in [5.41, 5.74) is 3.51. The van der Waals surface area contributed by atoms with Crippen molar-refractivity contribution in [1.82, 2.24) is 4.98 Å². The van der Waals surface area contributed by atoms with E-state index in [0.29, 0.717) is 12.2 Å². The van der Waals surface area contributed by atoms with Crippen molar-refractivity contribution in [3.8, 4) is 5.75 Å². The minimum Gasteiger partial charge on any atom is -0.495 e. The van der Waals surface area contributed by atoms with Gasteiger partial charge >= 0.3 is 5.97 Å². The second-order valence-corrected chi connectivity index (χ2v) is 7.44. The zero-order chi connectivity index (χ0) is 19.5. The van der Waals surface area contributed by atoms with Crippen molar-refractivity contribution in [1.29, 1.82) is 0 Å². The molecule has 0 radical (unpaired) electrons. The Morgan fingerprint density at radius 3 is 2.64 bits per heavy atom. The molecule has 7 heteroatoms. The molecule has 0 saturated carbocycles. The van der Waals surface area contributed by atoms with Crippen LogP contribution in [-0.2, 0) is 4.74 Å². The van der Waals surface area contributed by atoms with Crippen molar-refractivity contribution < 1.29 is 14.3 Å². The molecule has 1 aliphatic heterocycles. The van der Waals surface area contributed by atoms with E-state index in [-0.39, 0.29) is 5.97 Å². The summed E-state index contributed by atoms with van der Waals surface area (Å²) in [4.78, 5) is 21.6. The van der Waals surface area contributed by atoms with Crippen LogP contribution in [0.1, 0.15) is 17.3 Å². The smallest absolute Gasteiger partial charge is 0.341 e. The first-order valence-corrected chi connectivity index (χ1v) is 10.3. The Morgan fingerprint density at radius 1 is 1.14 bits per heavy atom. The van der Waals surface area contributed by atoms with Gasteiger partial charge in [0.2, 0.25) is 0 Å². The number of benzene rings is 1. The summed E-state index contributed by atoms with van der Waals surface area (Å²) < 4.78 is 11.8. The quantitative estimate of drug-likeness (QED) is 0.610. The molecule has 1 fully saturated rings. The van der Waals surface area contributed by atoms with Crippen LogP contribution in [0.3, 0.4) is 0 Å². The molecule has 1 saturated heterocycles. The van der Waals surface area contributed by atoms with Gasteiger partial charge in [0.05, 0.1) is 35.3 Å². The molecule has 1 aliphatic rings. The van der Waals surface area contributed by atoms with Gasteiger partial charge in [-0.05, 0) is 30.5 Å². The number of aromatic nitrogens is 1. The number of methoxy groups -OCH3 is 1. The molecule has 2 aromatic heterocycles. The summed E-state index contributed by atoms with van der Waals surface area (Å²) in [5, 5.41) is 2.02. The third kappa shape index (κ3) is 3.38. The number of carbonyl (C=O) groups excluding carboxylic acids is 1. The molecule has 28 heavy (non-hydrogen) atoms. The molecule has 3 aromatic rings. The maximum atomic E-state index is 12.5. The van der Waals surface area contributed by atoms with Gasteiger partial charge in [0, 0.05) is 32.4 Å². The van der Waals surface area contributed by atoms with E-state index in [2.05, 4.69) is 20.9 Å². The first kappa shape index (κ1) is 18.6. The number of hydrogen-bond donors (Lipinski definition) is 0. The lowest BCUT2D eigenvalue weighted by molar-refractivity contribution is 0.0527. The maximum Gasteiger partial charge on any atom is 0.341 e. The zero-order valence-corrected chi connectivity index (χ0v) is 16.9. The number of piperazine rings is 1. The number of anilines is 2. The molecule has 146 valence electrons. The predicted molar refractivity (Wildman–Crippen MR) is 113 cm³/mol. The van der Waals surface area contributed by atoms with Crippen LogP contribution in [-0.4, -0.2) is 50.8 Å². The number of pyridine rings is 1. The number of para-hydroxylation sites is 2. The number of fused-ring (bicyclic) bond motifs is 1. The van der Waals surface area contributed by atoms with E-state index in [1.165, 1.54) is 0 Å². The van der Waals surface area contributed by atoms with E-state index >= 15 is 0 Å². The van der Waals surface area contributed by atoms with Gasteiger partial charge in [-0.15, -0.1) is 11.3 Å². The SMILES string of the molecule is CCOC(=O)c1cnc2ccsc2c1N1CCN(c2ccccc2OC)CC1. The highest BCUT2D eigenvalue weighted by Gasteiger charge is 2.26. The molecular formula is C21H23N3O3S. The number of rotatable bonds is 5. The Balaban J connectivity index is 1.62. The number of carbonyl (C=O) groups is 1. The van der Waals surface area contributed by atoms with E-state index in [1.807, 2.05) is 36.6 Å². The van der Waals surface area contributed by atoms with Gasteiger partial charge in [-0.2, -0.15) is 0 Å². The summed E-state index contributed by atoms with van der Waals surface area (Å²) in [7, 11) is 1.70. The Hall–Kier alpha value is -2.80. The molecular weight excluding hydrogens is 374 g/mol. The van der Waals surface area contributed by atoms with Crippen LogP contribution >= 0.6 is 11.3 Å². The Labute approximate surface area is 168 Å². The third-order valence-electron chi connectivity index (χ3n) is 4.96. The van der Waals surface area contributed by atoms with Gasteiger partial charge in [0.15, 0.2) is 0 Å². The average molecular weight is 398 g/mol. The third-order valence-corrected chi connectivity index (χ3v) is 5.87. The fourth-order valence-corrected chi connectivity index (χ4v) is 4.56. The van der Waals surface area contributed by atoms with Crippen LogP contribution in [0.4, 0.5) is 11.4 Å². The van der Waals surface area contributed by atoms with Crippen molar-refractivity contribution in [2.45, 2.75) is 6.92 Å². The lowest BCUT2D eigenvalue weighted by Crippen LogP contribution is -2.47. The van der Waals surface area contributed by atoms with E-state index in [0.717, 1.165) is 53.5 Å². The highest BCUT2D eigenvalue weighted by Crippen LogP contribution is 2.36. The average Bonchev–Trinajstić information content (AvgIpc) is 3.22. The fraction of sp³-hybridized carbons (Fsp3) is 0.333. The monoisotopic (exact) mass is 397 g/mol. The second-order valence-electron chi connectivity index (χ2n) is 6.52. The molecule has 0 atom stereocenters. The number of nitrogens with zero attached hydrogens (tertiary/aromatic N) is 3. The maximum absolute atomic E-state index is 12.5. The highest BCUT2D eigenvalue weighted by atomic mass is 32.1. The van der Waals surface area contributed by atoms with Gasteiger partial charge in [-0.3, -0.25) is 4.98 Å². The van der Waals surface area contributed by atoms with Crippen molar-refractivity contribution >= 4 is 38.9 Å². The van der Waals surface area contributed by atoms with Crippen molar-refractivity contribution in [2.24, 2.45) is 0 Å². The first-order chi connectivity index (χ1) is 13.7. The lowest BCUT2D eigenvalue weighted by Gasteiger charge is -2.38. The molecule has 0 amide bonds. The molecule has 0 bridgehead atoms. The summed E-state index contributed by atoms with van der Waals surface area (Å²) >= 11 is 1.61. The Bertz CT molecular complexity index is 980. The van der Waals surface area contributed by atoms with Crippen LogP contribution in [0.15, 0.2) is 41.9 Å². The van der Waals surface area contributed by atoms with Gasteiger partial charge in [-0.1, -0.05) is 12.1 Å². The van der Waals surface area contributed by atoms with Gasteiger partial charge in [-0.25, -0.2) is 4.79 Å². The van der Waals surface area contributed by atoms with Gasteiger partial charge < -0.3 is 19.3 Å². The summed E-state index contributed by atoms with van der Waals surface area (Å²) in [6.45, 7) is 5.47. The van der Waals surface area contributed by atoms with E-state index < -0.39 is 0 Å². The zero-order valence-electron chi connectivity index (χ0n) is 16.1. The minimum absolute atomic E-state index is 0.313. The van der Waals surface area contributed by atoms with Crippen molar-refractivity contribution in [2.75, 3.05) is 49.7 Å². The Morgan fingerprint density at radius 2 is 1.89 bits per heavy atom. The largest absolute Gasteiger partial charge is 0.495 e. The first-order valence-electron chi connectivity index (χ1n) is 9.39. The predicted octanol–water partition coefficient (Wildman–Crippen LogP) is 3.81. The van der Waals surface area contributed by atoms with Crippen LogP contribution in [0, 0.1) is 0 Å². The summed E-state index contributed by atoms with van der Waals surface area (Å²) in [6.07, 6.45) is 1.65. The topological polar surface area (TPSA) is 54.9 Å². The van der Waals surface area contributed by atoms with E-state index in [4.69, 9.17) is 9.47 Å². The van der Waals surface area contributed by atoms with Crippen LogP contribution in [0.5, 0.6) is 5.75 Å². The lowest BCUT2D eigenvalue weighted by atomic mass is 10.1. The van der Waals surface area contributed by atoms with E-state index in [9.17, 15) is 4.79 Å². The summed E-state index contributed by atoms with van der Waals surface area (Å²) in [5.74, 6) is 0.570. The van der Waals surface area contributed by atoms with Crippen molar-refractivity contribution in [3.05, 3.63) is 47.5 Å². The van der Waals surface area contributed by atoms with Crippen LogP contribution in [0.2, 0.25) is 0 Å². The van der Waals surface area contributed by atoms with Gasteiger partial charge in [0.1, 0.15) is 11.3 Å². The van der Waals surface area contributed by atoms with Crippen LogP contribution in [0.25, 0.3) is 10.2 Å².